The highest BCUT2D eigenvalue weighted by atomic mass is 19.2. The Balaban J connectivity index is 0.000000151. The van der Waals surface area contributed by atoms with Gasteiger partial charge in [0, 0.05) is 51.0 Å². The van der Waals surface area contributed by atoms with E-state index >= 15 is 0 Å². The molecule has 0 saturated carbocycles. The Morgan fingerprint density at radius 3 is 1.03 bits per heavy atom. The van der Waals surface area contributed by atoms with Crippen LogP contribution in [-0.4, -0.2) is 26.9 Å². The fraction of sp³-hybridized carbons (Fsp3) is 0.236. The summed E-state index contributed by atoms with van der Waals surface area (Å²) in [6.45, 7) is 11.0. The predicted molar refractivity (Wildman–Crippen MR) is 253 cm³/mol. The topological polar surface area (TPSA) is 76.3 Å². The quantitative estimate of drug-likeness (QED) is 0.101. The Hall–Kier alpha value is -7.28. The summed E-state index contributed by atoms with van der Waals surface area (Å²) in [6.07, 6.45) is 4.03. The van der Waals surface area contributed by atoms with E-state index in [-0.39, 0.29) is 51.3 Å². The second-order valence-corrected chi connectivity index (χ2v) is 15.5. The van der Waals surface area contributed by atoms with Crippen molar-refractivity contribution in [3.8, 4) is 57.0 Å². The van der Waals surface area contributed by atoms with E-state index in [1.807, 2.05) is 55.5 Å². The first-order valence-electron chi connectivity index (χ1n) is 22.4. The summed E-state index contributed by atoms with van der Waals surface area (Å²) in [5.74, 6) is -4.55. The first kappa shape index (κ1) is 48.6. The highest BCUT2D eigenvalue weighted by Gasteiger charge is 2.22. The number of hydrogen-bond donors (Lipinski definition) is 0. The number of methoxy groups -OCH3 is 1. The van der Waals surface area contributed by atoms with Gasteiger partial charge in [-0.15, -0.1) is 0 Å². The van der Waals surface area contributed by atoms with Gasteiger partial charge in [-0.25, -0.2) is 13.2 Å². The van der Waals surface area contributed by atoms with Crippen LogP contribution in [-0.2, 0) is 12.8 Å². The van der Waals surface area contributed by atoms with E-state index in [9.17, 15) is 26.3 Å². The lowest BCUT2D eigenvalue weighted by atomic mass is 10.0. The molecule has 68 heavy (non-hydrogen) atoms. The molecule has 0 radical (unpaired) electrons. The Morgan fingerprint density at radius 1 is 0.382 bits per heavy atom. The van der Waals surface area contributed by atoms with Gasteiger partial charge in [-0.2, -0.15) is 13.2 Å². The first-order valence-corrected chi connectivity index (χ1v) is 22.4. The van der Waals surface area contributed by atoms with Gasteiger partial charge in [-0.05, 0) is 91.8 Å². The Bertz CT molecular complexity index is 2970. The van der Waals surface area contributed by atoms with Crippen molar-refractivity contribution in [3.63, 3.8) is 0 Å². The molecule has 9 rings (SSSR count). The summed E-state index contributed by atoms with van der Waals surface area (Å²) in [5, 5.41) is 1.42. The van der Waals surface area contributed by atoms with Crippen molar-refractivity contribution in [2.75, 3.05) is 26.9 Å². The third kappa shape index (κ3) is 10.6. The molecule has 3 heterocycles. The largest absolute Gasteiger partial charge is 0.494 e. The van der Waals surface area contributed by atoms with Crippen LogP contribution in [0.3, 0.4) is 0 Å². The van der Waals surface area contributed by atoms with E-state index in [0.29, 0.717) is 58.4 Å². The van der Waals surface area contributed by atoms with Crippen molar-refractivity contribution < 1.29 is 58.5 Å². The average Bonchev–Trinajstić information content (AvgIpc) is 4.09. The number of halogens is 6. The van der Waals surface area contributed by atoms with E-state index in [4.69, 9.17) is 32.2 Å². The van der Waals surface area contributed by atoms with Crippen LogP contribution < -0.4 is 18.9 Å². The zero-order chi connectivity index (χ0) is 48.5. The minimum Gasteiger partial charge on any atom is -0.494 e. The lowest BCUT2D eigenvalue weighted by molar-refractivity contribution is 0.263. The molecule has 0 aliphatic carbocycles. The molecule has 0 saturated heterocycles. The highest BCUT2D eigenvalue weighted by Crippen LogP contribution is 2.38. The fourth-order valence-corrected chi connectivity index (χ4v) is 7.63. The summed E-state index contributed by atoms with van der Waals surface area (Å²) in [5.41, 5.74) is 4.43. The molecular formula is C55H50F6O7. The molecule has 0 N–H and O–H groups in total. The maximum atomic E-state index is 14.4. The molecule has 6 aromatic carbocycles. The zero-order valence-electron chi connectivity index (χ0n) is 38.5. The van der Waals surface area contributed by atoms with Gasteiger partial charge < -0.3 is 32.2 Å². The number of aryl methyl sites for hydroxylation is 2. The van der Waals surface area contributed by atoms with Crippen molar-refractivity contribution in [3.05, 3.63) is 155 Å². The SMILES string of the molecule is CCCc1ccc(-c2cc3cc(OC)oc3c(F)c2F)cc1.CCCc1ccc(-c2cc3cc(OCC)oc3c(F)c2F)cc1.CCOc1ccc(-c2cc3cc(OCC)oc3c(F)c2F)cc1. The predicted octanol–water partition coefficient (Wildman–Crippen LogP) is 16.2. The van der Waals surface area contributed by atoms with E-state index in [2.05, 4.69) is 13.8 Å². The molecule has 0 unspecified atom stereocenters. The summed E-state index contributed by atoms with van der Waals surface area (Å²) in [4.78, 5) is 0. The standard InChI is InChI=1S/C19H18F2O2.C18H16F2O3.C18H16F2O2/c1-3-5-12-6-8-13(9-7-12)15-10-14-11-16(22-4-2)23-19(14)18(21)17(15)20;1-3-21-13-7-5-11(6-8-13)14-9-12-10-15(22-4-2)23-18(12)17(20)16(14)19;1-3-4-11-5-7-12(8-6-11)14-9-13-10-15(21-2)22-18(13)17(20)16(14)19/h6-11H,3-5H2,1-2H3;5-10H,3-4H2,1-2H3;5-10H,3-4H2,1-2H3. The van der Waals surface area contributed by atoms with Crippen molar-refractivity contribution in [1.82, 2.24) is 0 Å². The fourth-order valence-electron chi connectivity index (χ4n) is 7.63. The Labute approximate surface area is 389 Å². The molecule has 0 atom stereocenters. The van der Waals surface area contributed by atoms with Crippen LogP contribution in [0.4, 0.5) is 26.3 Å². The smallest absolute Gasteiger partial charge is 0.285 e. The van der Waals surface area contributed by atoms with E-state index in [0.717, 1.165) is 25.7 Å². The zero-order valence-corrected chi connectivity index (χ0v) is 38.5. The van der Waals surface area contributed by atoms with Crippen molar-refractivity contribution in [1.29, 1.82) is 0 Å². The molecule has 13 heteroatoms. The van der Waals surface area contributed by atoms with Gasteiger partial charge in [0.25, 0.3) is 17.8 Å². The van der Waals surface area contributed by atoms with E-state index < -0.39 is 34.9 Å². The van der Waals surface area contributed by atoms with Gasteiger partial charge in [-0.1, -0.05) is 87.4 Å². The maximum absolute atomic E-state index is 14.4. The number of ether oxygens (including phenoxy) is 4. The van der Waals surface area contributed by atoms with Gasteiger partial charge in [0.05, 0.1) is 26.9 Å². The van der Waals surface area contributed by atoms with Crippen LogP contribution >= 0.6 is 0 Å². The molecule has 7 nitrogen and oxygen atoms in total. The molecular weight excluding hydrogens is 887 g/mol. The summed E-state index contributed by atoms with van der Waals surface area (Å²) in [6, 6.07) is 31.3. The van der Waals surface area contributed by atoms with E-state index in [1.165, 1.54) is 18.2 Å². The number of hydrogen-bond acceptors (Lipinski definition) is 7. The molecule has 0 aliphatic rings. The number of furan rings is 3. The molecule has 0 bridgehead atoms. The molecule has 0 spiro atoms. The Morgan fingerprint density at radius 2 is 0.706 bits per heavy atom. The number of fused-ring (bicyclic) bond motifs is 3. The van der Waals surface area contributed by atoms with Gasteiger partial charge >= 0.3 is 0 Å². The van der Waals surface area contributed by atoms with Crippen molar-refractivity contribution >= 4 is 32.9 Å². The van der Waals surface area contributed by atoms with Crippen LogP contribution in [0, 0.1) is 34.9 Å². The van der Waals surface area contributed by atoms with E-state index in [1.54, 1.807) is 74.5 Å². The molecule has 9 aromatic rings. The molecule has 0 amide bonds. The van der Waals surface area contributed by atoms with Crippen LogP contribution in [0.2, 0.25) is 0 Å². The minimum absolute atomic E-state index is 0.114. The first-order chi connectivity index (χ1) is 32.9. The molecule has 0 fully saturated rings. The second-order valence-electron chi connectivity index (χ2n) is 15.5. The monoisotopic (exact) mass is 936 g/mol. The summed E-state index contributed by atoms with van der Waals surface area (Å²) < 4.78 is 122. The van der Waals surface area contributed by atoms with Gasteiger partial charge in [0.2, 0.25) is 17.5 Å². The third-order valence-corrected chi connectivity index (χ3v) is 10.9. The van der Waals surface area contributed by atoms with Gasteiger partial charge in [-0.3, -0.25) is 0 Å². The van der Waals surface area contributed by atoms with Crippen LogP contribution in [0.15, 0.2) is 122 Å². The molecule has 0 aliphatic heterocycles. The van der Waals surface area contributed by atoms with Crippen molar-refractivity contribution in [2.45, 2.75) is 60.3 Å². The summed E-state index contributed by atoms with van der Waals surface area (Å²) >= 11 is 0. The van der Waals surface area contributed by atoms with Crippen molar-refractivity contribution in [2.24, 2.45) is 0 Å². The number of rotatable bonds is 14. The maximum Gasteiger partial charge on any atom is 0.285 e. The molecule has 3 aromatic heterocycles. The van der Waals surface area contributed by atoms with Crippen LogP contribution in [0.25, 0.3) is 66.3 Å². The van der Waals surface area contributed by atoms with Gasteiger partial charge in [0.1, 0.15) is 5.75 Å². The van der Waals surface area contributed by atoms with Crippen LogP contribution in [0.5, 0.6) is 23.6 Å². The minimum atomic E-state index is -1.02. The van der Waals surface area contributed by atoms with Crippen LogP contribution in [0.1, 0.15) is 58.6 Å². The number of benzene rings is 6. The lowest BCUT2D eigenvalue weighted by Gasteiger charge is -2.07. The molecule has 354 valence electrons. The highest BCUT2D eigenvalue weighted by molar-refractivity contribution is 5.88. The Kier molecular flexibility index (Phi) is 15.7. The van der Waals surface area contributed by atoms with Gasteiger partial charge in [0.15, 0.2) is 34.2 Å². The second kappa shape index (κ2) is 22.0. The summed E-state index contributed by atoms with van der Waals surface area (Å²) in [7, 11) is 1.42. The lowest BCUT2D eigenvalue weighted by Crippen LogP contribution is -1.93. The normalized spacial score (nSPS) is 11.1. The average molecular weight is 937 g/mol. The third-order valence-electron chi connectivity index (χ3n) is 10.9.